The van der Waals surface area contributed by atoms with E-state index in [4.69, 9.17) is 21.1 Å². The van der Waals surface area contributed by atoms with E-state index in [1.165, 1.54) is 0 Å². The van der Waals surface area contributed by atoms with Crippen LogP contribution in [0.4, 0.5) is 0 Å². The second-order valence-corrected chi connectivity index (χ2v) is 8.71. The van der Waals surface area contributed by atoms with Crippen molar-refractivity contribution in [1.29, 1.82) is 0 Å². The van der Waals surface area contributed by atoms with Gasteiger partial charge in [-0.2, -0.15) is 0 Å². The number of hydrogen-bond donors (Lipinski definition) is 1. The van der Waals surface area contributed by atoms with Gasteiger partial charge in [-0.1, -0.05) is 78.9 Å². The summed E-state index contributed by atoms with van der Waals surface area (Å²) in [6, 6.07) is 27.9. The Hall–Kier alpha value is -2.33. The maximum Gasteiger partial charge on any atom is 0.199 e. The molecule has 4 rings (SSSR count). The van der Waals surface area contributed by atoms with Crippen molar-refractivity contribution < 1.29 is 14.6 Å². The summed E-state index contributed by atoms with van der Waals surface area (Å²) < 4.78 is 12.2. The van der Waals surface area contributed by atoms with E-state index in [0.29, 0.717) is 18.2 Å². The molecule has 0 saturated carbocycles. The van der Waals surface area contributed by atoms with Crippen LogP contribution in [0.15, 0.2) is 84.9 Å². The van der Waals surface area contributed by atoms with Crippen LogP contribution in [-0.2, 0) is 10.3 Å². The molecule has 3 nitrogen and oxygen atoms in total. The number of benzene rings is 3. The van der Waals surface area contributed by atoms with Gasteiger partial charge in [0.25, 0.3) is 0 Å². The SMILES string of the molecule is OC(c1ccccc1)(c1ccccc1OC1CCCCO1)C(CCCCl)c1ccccc1. The molecule has 3 aromatic carbocycles. The third-order valence-electron chi connectivity index (χ3n) is 6.24. The predicted molar refractivity (Wildman–Crippen MR) is 129 cm³/mol. The van der Waals surface area contributed by atoms with Crippen LogP contribution in [0.3, 0.4) is 0 Å². The van der Waals surface area contributed by atoms with Gasteiger partial charge in [-0.25, -0.2) is 0 Å². The van der Waals surface area contributed by atoms with E-state index in [2.05, 4.69) is 12.1 Å². The number of halogens is 1. The maximum atomic E-state index is 12.6. The van der Waals surface area contributed by atoms with Crippen molar-refractivity contribution in [3.63, 3.8) is 0 Å². The third kappa shape index (κ3) is 5.01. The molecule has 3 unspecified atom stereocenters. The van der Waals surface area contributed by atoms with Crippen LogP contribution in [0.1, 0.15) is 54.7 Å². The van der Waals surface area contributed by atoms with Crippen LogP contribution in [0.5, 0.6) is 5.75 Å². The summed E-state index contributed by atoms with van der Waals surface area (Å²) in [5.41, 5.74) is 1.38. The fraction of sp³-hybridized carbons (Fsp3) is 0.357. The van der Waals surface area contributed by atoms with Crippen LogP contribution in [0, 0.1) is 0 Å². The molecular formula is C28H31ClO3. The van der Waals surface area contributed by atoms with Gasteiger partial charge in [-0.3, -0.25) is 0 Å². The Morgan fingerprint density at radius 2 is 1.62 bits per heavy atom. The van der Waals surface area contributed by atoms with Crippen molar-refractivity contribution in [1.82, 2.24) is 0 Å². The van der Waals surface area contributed by atoms with E-state index < -0.39 is 5.60 Å². The Bertz CT molecular complexity index is 957. The van der Waals surface area contributed by atoms with Gasteiger partial charge in [-0.05, 0) is 42.9 Å². The quantitative estimate of drug-likeness (QED) is 0.372. The van der Waals surface area contributed by atoms with Crippen LogP contribution < -0.4 is 4.74 Å². The van der Waals surface area contributed by atoms with Gasteiger partial charge in [0.1, 0.15) is 11.4 Å². The summed E-state index contributed by atoms with van der Waals surface area (Å²) in [4.78, 5) is 0. The van der Waals surface area contributed by atoms with Gasteiger partial charge in [0, 0.05) is 23.8 Å². The summed E-state index contributed by atoms with van der Waals surface area (Å²) in [5, 5.41) is 12.6. The largest absolute Gasteiger partial charge is 0.465 e. The summed E-state index contributed by atoms with van der Waals surface area (Å²) in [6.45, 7) is 0.706. The molecule has 1 aliphatic rings. The van der Waals surface area contributed by atoms with E-state index in [-0.39, 0.29) is 12.2 Å². The Kier molecular flexibility index (Phi) is 7.85. The molecule has 168 valence electrons. The highest BCUT2D eigenvalue weighted by atomic mass is 35.5. The highest BCUT2D eigenvalue weighted by molar-refractivity contribution is 6.17. The number of aliphatic hydroxyl groups is 1. The van der Waals surface area contributed by atoms with Gasteiger partial charge in [0.15, 0.2) is 6.29 Å². The zero-order valence-electron chi connectivity index (χ0n) is 18.3. The number of ether oxygens (including phenoxy) is 2. The highest BCUT2D eigenvalue weighted by Crippen LogP contribution is 2.48. The normalized spacial score (nSPS) is 19.1. The lowest BCUT2D eigenvalue weighted by atomic mass is 9.71. The minimum Gasteiger partial charge on any atom is -0.465 e. The van der Waals surface area contributed by atoms with Gasteiger partial charge >= 0.3 is 0 Å². The van der Waals surface area contributed by atoms with Crippen LogP contribution >= 0.6 is 11.6 Å². The maximum absolute atomic E-state index is 12.6. The molecule has 0 amide bonds. The molecule has 0 spiro atoms. The second-order valence-electron chi connectivity index (χ2n) is 8.34. The molecule has 1 aliphatic heterocycles. The molecule has 32 heavy (non-hydrogen) atoms. The lowest BCUT2D eigenvalue weighted by Gasteiger charge is -2.39. The van der Waals surface area contributed by atoms with Gasteiger partial charge in [0.2, 0.25) is 0 Å². The van der Waals surface area contributed by atoms with Crippen molar-refractivity contribution in [3.8, 4) is 5.75 Å². The lowest BCUT2D eigenvalue weighted by molar-refractivity contribution is -0.107. The molecule has 1 fully saturated rings. The topological polar surface area (TPSA) is 38.7 Å². The van der Waals surface area contributed by atoms with Gasteiger partial charge < -0.3 is 14.6 Å². The van der Waals surface area contributed by atoms with E-state index >= 15 is 0 Å². The predicted octanol–water partition coefficient (Wildman–Crippen LogP) is 6.63. The van der Waals surface area contributed by atoms with Gasteiger partial charge in [-0.15, -0.1) is 11.6 Å². The molecule has 0 radical (unpaired) electrons. The number of hydrogen-bond acceptors (Lipinski definition) is 3. The Morgan fingerprint density at radius 3 is 2.31 bits per heavy atom. The average molecular weight is 451 g/mol. The first kappa shape index (κ1) is 22.8. The standard InChI is InChI=1S/C28H31ClO3/c29-20-11-17-24(22-12-3-1-4-13-22)28(30,23-14-5-2-6-15-23)25-16-7-8-18-26(25)32-27-19-9-10-21-31-27/h1-8,12-16,18,24,27,30H,9-11,17,19-21H2. The van der Waals surface area contributed by atoms with E-state index in [0.717, 1.165) is 48.8 Å². The molecule has 0 aromatic heterocycles. The summed E-state index contributed by atoms with van der Waals surface area (Å²) in [7, 11) is 0. The molecule has 0 aliphatic carbocycles. The first-order valence-electron chi connectivity index (χ1n) is 11.5. The van der Waals surface area contributed by atoms with Crippen LogP contribution in [0.2, 0.25) is 0 Å². The minimum absolute atomic E-state index is 0.193. The second kappa shape index (κ2) is 11.0. The molecular weight excluding hydrogens is 420 g/mol. The fourth-order valence-corrected chi connectivity index (χ4v) is 4.80. The van der Waals surface area contributed by atoms with E-state index in [9.17, 15) is 5.11 Å². The van der Waals surface area contributed by atoms with Crippen molar-refractivity contribution >= 4 is 11.6 Å². The highest BCUT2D eigenvalue weighted by Gasteiger charge is 2.43. The molecule has 1 saturated heterocycles. The van der Waals surface area contributed by atoms with Crippen molar-refractivity contribution in [2.75, 3.05) is 12.5 Å². The molecule has 0 bridgehead atoms. The number of para-hydroxylation sites is 1. The zero-order valence-corrected chi connectivity index (χ0v) is 19.1. The van der Waals surface area contributed by atoms with Crippen molar-refractivity contribution in [3.05, 3.63) is 102 Å². The zero-order chi connectivity index (χ0) is 22.2. The van der Waals surface area contributed by atoms with Crippen molar-refractivity contribution in [2.24, 2.45) is 0 Å². The number of alkyl halides is 1. The van der Waals surface area contributed by atoms with E-state index in [1.54, 1.807) is 0 Å². The molecule has 3 atom stereocenters. The summed E-state index contributed by atoms with van der Waals surface area (Å²) in [6.07, 6.45) is 4.25. The summed E-state index contributed by atoms with van der Waals surface area (Å²) in [5.74, 6) is 1.02. The minimum atomic E-state index is -1.29. The Balaban J connectivity index is 1.84. The summed E-state index contributed by atoms with van der Waals surface area (Å²) >= 11 is 6.11. The first-order chi connectivity index (χ1) is 15.7. The molecule has 1 N–H and O–H groups in total. The van der Waals surface area contributed by atoms with Gasteiger partial charge in [0.05, 0.1) is 6.61 Å². The smallest absolute Gasteiger partial charge is 0.199 e. The third-order valence-corrected chi connectivity index (χ3v) is 6.51. The van der Waals surface area contributed by atoms with Crippen LogP contribution in [-0.4, -0.2) is 23.9 Å². The molecule has 4 heteroatoms. The van der Waals surface area contributed by atoms with Crippen molar-refractivity contribution in [2.45, 2.75) is 49.9 Å². The Morgan fingerprint density at radius 1 is 0.938 bits per heavy atom. The Labute approximate surface area is 196 Å². The lowest BCUT2D eigenvalue weighted by Crippen LogP contribution is -2.36. The number of rotatable bonds is 9. The molecule has 3 aromatic rings. The fourth-order valence-electron chi connectivity index (χ4n) is 4.65. The average Bonchev–Trinajstić information content (AvgIpc) is 2.86. The monoisotopic (exact) mass is 450 g/mol. The van der Waals surface area contributed by atoms with E-state index in [1.807, 2.05) is 72.8 Å². The first-order valence-corrected chi connectivity index (χ1v) is 12.0. The molecule has 1 heterocycles. The van der Waals surface area contributed by atoms with Crippen LogP contribution in [0.25, 0.3) is 0 Å².